The predicted molar refractivity (Wildman–Crippen MR) is 59.5 cm³/mol. The number of nitrogens with zero attached hydrogens (tertiary/aromatic N) is 2. The topological polar surface area (TPSA) is 49.8 Å². The average Bonchev–Trinajstić information content (AvgIpc) is 2.18. The Morgan fingerprint density at radius 2 is 2.00 bits per heavy atom. The fraction of sp³-hybridized carbons (Fsp3) is 0.600. The van der Waals surface area contributed by atoms with E-state index >= 15 is 0 Å². The lowest BCUT2D eigenvalue weighted by Gasteiger charge is -2.17. The molecular weight excluding hydrogens is 176 g/mol. The molecule has 0 saturated carbocycles. The van der Waals surface area contributed by atoms with Crippen molar-refractivity contribution >= 4 is 11.8 Å². The fourth-order valence-corrected chi connectivity index (χ4v) is 0.959. The van der Waals surface area contributed by atoms with Crippen LogP contribution in [0.25, 0.3) is 0 Å². The van der Waals surface area contributed by atoms with Gasteiger partial charge in [0.25, 0.3) is 0 Å². The fourth-order valence-electron chi connectivity index (χ4n) is 0.959. The van der Waals surface area contributed by atoms with Gasteiger partial charge >= 0.3 is 0 Å². The monoisotopic (exact) mass is 194 g/mol. The van der Waals surface area contributed by atoms with Crippen molar-refractivity contribution in [2.24, 2.45) is 5.92 Å². The summed E-state index contributed by atoms with van der Waals surface area (Å²) in [5.74, 6) is 2.10. The molecule has 0 amide bonds. The van der Waals surface area contributed by atoms with Gasteiger partial charge in [-0.25, -0.2) is 4.98 Å². The van der Waals surface area contributed by atoms with Crippen molar-refractivity contribution in [3.63, 3.8) is 0 Å². The first-order valence-corrected chi connectivity index (χ1v) is 4.91. The Hall–Kier alpha value is -1.32. The summed E-state index contributed by atoms with van der Waals surface area (Å²) in [6, 6.07) is 2.29. The molecular formula is C10H18N4. The van der Waals surface area contributed by atoms with Crippen molar-refractivity contribution in [2.45, 2.75) is 26.8 Å². The van der Waals surface area contributed by atoms with E-state index < -0.39 is 0 Å². The second-order valence-electron chi connectivity index (χ2n) is 3.69. The van der Waals surface area contributed by atoms with Gasteiger partial charge in [-0.2, -0.15) is 4.98 Å². The zero-order chi connectivity index (χ0) is 10.6. The third-order valence-corrected chi connectivity index (χ3v) is 2.25. The molecule has 0 aliphatic rings. The lowest BCUT2D eigenvalue weighted by atomic mass is 10.1. The average molecular weight is 194 g/mol. The molecule has 0 fully saturated rings. The Kier molecular flexibility index (Phi) is 3.68. The first-order chi connectivity index (χ1) is 6.63. The normalized spacial score (nSPS) is 12.6. The number of hydrogen-bond acceptors (Lipinski definition) is 4. The van der Waals surface area contributed by atoms with Gasteiger partial charge in [0.05, 0.1) is 0 Å². The van der Waals surface area contributed by atoms with Gasteiger partial charge in [0.15, 0.2) is 0 Å². The maximum Gasteiger partial charge on any atom is 0.224 e. The summed E-state index contributed by atoms with van der Waals surface area (Å²) in [6.45, 7) is 6.50. The van der Waals surface area contributed by atoms with Crippen LogP contribution in [0.3, 0.4) is 0 Å². The summed E-state index contributed by atoms with van der Waals surface area (Å²) in [5, 5.41) is 6.23. The second kappa shape index (κ2) is 4.79. The van der Waals surface area contributed by atoms with Crippen molar-refractivity contribution in [1.82, 2.24) is 9.97 Å². The van der Waals surface area contributed by atoms with E-state index in [9.17, 15) is 0 Å². The minimum atomic E-state index is 0.412. The van der Waals surface area contributed by atoms with Crippen LogP contribution in [0.2, 0.25) is 0 Å². The Morgan fingerprint density at radius 3 is 2.57 bits per heavy atom. The van der Waals surface area contributed by atoms with E-state index in [-0.39, 0.29) is 0 Å². The quantitative estimate of drug-likeness (QED) is 0.769. The van der Waals surface area contributed by atoms with Crippen molar-refractivity contribution < 1.29 is 0 Å². The number of rotatable bonds is 4. The van der Waals surface area contributed by atoms with Crippen LogP contribution < -0.4 is 10.6 Å². The summed E-state index contributed by atoms with van der Waals surface area (Å²) in [5.41, 5.74) is 0. The summed E-state index contributed by atoms with van der Waals surface area (Å²) < 4.78 is 0. The summed E-state index contributed by atoms with van der Waals surface area (Å²) in [4.78, 5) is 8.33. The molecule has 0 aliphatic heterocycles. The standard InChI is InChI=1S/C10H18N4/c1-7(2)8(3)13-9-5-6-12-10(11-4)14-9/h5-8H,1-4H3,(H2,11,12,13,14). The van der Waals surface area contributed by atoms with Gasteiger partial charge in [0.2, 0.25) is 5.95 Å². The Balaban J connectivity index is 2.66. The van der Waals surface area contributed by atoms with Crippen LogP contribution in [-0.4, -0.2) is 23.1 Å². The second-order valence-corrected chi connectivity index (χ2v) is 3.69. The Bertz CT molecular complexity index is 285. The molecule has 0 saturated heterocycles. The van der Waals surface area contributed by atoms with Gasteiger partial charge in [-0.05, 0) is 18.9 Å². The highest BCUT2D eigenvalue weighted by Crippen LogP contribution is 2.10. The van der Waals surface area contributed by atoms with E-state index in [2.05, 4.69) is 41.4 Å². The third kappa shape index (κ3) is 2.87. The van der Waals surface area contributed by atoms with Crippen molar-refractivity contribution in [1.29, 1.82) is 0 Å². The lowest BCUT2D eigenvalue weighted by Crippen LogP contribution is -2.22. The smallest absolute Gasteiger partial charge is 0.224 e. The Labute approximate surface area is 85.2 Å². The Morgan fingerprint density at radius 1 is 1.29 bits per heavy atom. The van der Waals surface area contributed by atoms with Gasteiger partial charge in [-0.15, -0.1) is 0 Å². The predicted octanol–water partition coefficient (Wildman–Crippen LogP) is 1.97. The minimum absolute atomic E-state index is 0.412. The van der Waals surface area contributed by atoms with E-state index in [0.29, 0.717) is 17.9 Å². The number of hydrogen-bond donors (Lipinski definition) is 2. The lowest BCUT2D eigenvalue weighted by molar-refractivity contribution is 0.558. The van der Waals surface area contributed by atoms with Crippen LogP contribution in [-0.2, 0) is 0 Å². The van der Waals surface area contributed by atoms with Crippen molar-refractivity contribution in [2.75, 3.05) is 17.7 Å². The molecule has 0 aromatic carbocycles. The summed E-state index contributed by atoms with van der Waals surface area (Å²) >= 11 is 0. The van der Waals surface area contributed by atoms with Gasteiger partial charge in [0.1, 0.15) is 5.82 Å². The molecule has 2 N–H and O–H groups in total. The first-order valence-electron chi connectivity index (χ1n) is 4.91. The largest absolute Gasteiger partial charge is 0.367 e. The van der Waals surface area contributed by atoms with E-state index in [4.69, 9.17) is 0 Å². The van der Waals surface area contributed by atoms with E-state index in [1.165, 1.54) is 0 Å². The van der Waals surface area contributed by atoms with Gasteiger partial charge in [-0.3, -0.25) is 0 Å². The third-order valence-electron chi connectivity index (χ3n) is 2.25. The van der Waals surface area contributed by atoms with Crippen LogP contribution >= 0.6 is 0 Å². The van der Waals surface area contributed by atoms with Gasteiger partial charge in [0, 0.05) is 19.3 Å². The number of aromatic nitrogens is 2. The van der Waals surface area contributed by atoms with Crippen LogP contribution in [0.4, 0.5) is 11.8 Å². The maximum absolute atomic E-state index is 4.28. The highest BCUT2D eigenvalue weighted by Gasteiger charge is 2.07. The van der Waals surface area contributed by atoms with Crippen LogP contribution in [0.15, 0.2) is 12.3 Å². The van der Waals surface area contributed by atoms with Crippen LogP contribution in [0.1, 0.15) is 20.8 Å². The molecule has 0 spiro atoms. The summed E-state index contributed by atoms with van der Waals surface area (Å²) in [7, 11) is 1.81. The molecule has 4 nitrogen and oxygen atoms in total. The molecule has 14 heavy (non-hydrogen) atoms. The SMILES string of the molecule is CNc1nccc(NC(C)C(C)C)n1. The van der Waals surface area contributed by atoms with Gasteiger partial charge in [-0.1, -0.05) is 13.8 Å². The van der Waals surface area contributed by atoms with Crippen molar-refractivity contribution in [3.8, 4) is 0 Å². The molecule has 1 rings (SSSR count). The maximum atomic E-state index is 4.28. The molecule has 1 atom stereocenters. The molecule has 78 valence electrons. The number of anilines is 2. The number of nitrogens with one attached hydrogen (secondary N) is 2. The van der Waals surface area contributed by atoms with Gasteiger partial charge < -0.3 is 10.6 Å². The molecule has 1 aromatic heterocycles. The molecule has 1 unspecified atom stereocenters. The molecule has 0 radical (unpaired) electrons. The molecule has 1 heterocycles. The zero-order valence-corrected chi connectivity index (χ0v) is 9.20. The van der Waals surface area contributed by atoms with Crippen LogP contribution in [0, 0.1) is 5.92 Å². The molecule has 1 aromatic rings. The van der Waals surface area contributed by atoms with E-state index in [0.717, 1.165) is 5.82 Å². The van der Waals surface area contributed by atoms with Crippen LogP contribution in [0.5, 0.6) is 0 Å². The van der Waals surface area contributed by atoms with E-state index in [1.807, 2.05) is 13.1 Å². The molecule has 0 aliphatic carbocycles. The minimum Gasteiger partial charge on any atom is -0.367 e. The first kappa shape index (κ1) is 10.8. The highest BCUT2D eigenvalue weighted by molar-refractivity contribution is 5.39. The molecule has 0 bridgehead atoms. The zero-order valence-electron chi connectivity index (χ0n) is 9.20. The molecule has 4 heteroatoms. The highest BCUT2D eigenvalue weighted by atomic mass is 15.1. The summed E-state index contributed by atoms with van der Waals surface area (Å²) in [6.07, 6.45) is 1.74. The van der Waals surface area contributed by atoms with E-state index in [1.54, 1.807) is 6.20 Å². The van der Waals surface area contributed by atoms with Crippen molar-refractivity contribution in [3.05, 3.63) is 12.3 Å².